The summed E-state index contributed by atoms with van der Waals surface area (Å²) in [5.41, 5.74) is 4.24. The molecule has 0 spiro atoms. The van der Waals surface area contributed by atoms with Crippen molar-refractivity contribution in [1.82, 2.24) is 30.0 Å². The van der Waals surface area contributed by atoms with Crippen molar-refractivity contribution >= 4 is 11.6 Å². The normalized spacial score (nSPS) is 19.8. The molecule has 2 saturated heterocycles. The molecular weight excluding hydrogens is 402 g/mol. The van der Waals surface area contributed by atoms with Gasteiger partial charge in [0.1, 0.15) is 6.33 Å². The van der Waals surface area contributed by atoms with E-state index in [9.17, 15) is 4.79 Å². The first-order valence-corrected chi connectivity index (χ1v) is 11.4. The third kappa shape index (κ3) is 4.23. The molecular formula is C24H29N7O. The van der Waals surface area contributed by atoms with Gasteiger partial charge in [-0.2, -0.15) is 0 Å². The van der Waals surface area contributed by atoms with Gasteiger partial charge in [0.2, 0.25) is 0 Å². The first kappa shape index (κ1) is 20.6. The summed E-state index contributed by atoms with van der Waals surface area (Å²) in [4.78, 5) is 20.2. The number of hydrogen-bond acceptors (Lipinski definition) is 6. The number of anilines is 1. The van der Waals surface area contributed by atoms with Crippen LogP contribution in [0.25, 0.3) is 5.69 Å². The smallest absolute Gasteiger partial charge is 0.253 e. The van der Waals surface area contributed by atoms with E-state index in [1.165, 1.54) is 11.3 Å². The van der Waals surface area contributed by atoms with Crippen molar-refractivity contribution in [2.45, 2.75) is 25.8 Å². The highest BCUT2D eigenvalue weighted by Crippen LogP contribution is 2.24. The predicted octanol–water partition coefficient (Wildman–Crippen LogP) is 2.40. The Bertz CT molecular complexity index is 1040. The number of amides is 1. The van der Waals surface area contributed by atoms with Gasteiger partial charge < -0.3 is 9.80 Å². The van der Waals surface area contributed by atoms with Gasteiger partial charge in [0.15, 0.2) is 0 Å². The van der Waals surface area contributed by atoms with Gasteiger partial charge in [0.05, 0.1) is 5.69 Å². The Morgan fingerprint density at radius 3 is 2.47 bits per heavy atom. The van der Waals surface area contributed by atoms with Gasteiger partial charge in [-0.1, -0.05) is 18.2 Å². The lowest BCUT2D eigenvalue weighted by Gasteiger charge is -2.44. The van der Waals surface area contributed by atoms with Crippen molar-refractivity contribution < 1.29 is 4.79 Å². The van der Waals surface area contributed by atoms with Crippen molar-refractivity contribution in [2.24, 2.45) is 0 Å². The number of likely N-dealkylation sites (tertiary alicyclic amines) is 1. The third-order valence-electron chi connectivity index (χ3n) is 6.70. The highest BCUT2D eigenvalue weighted by Gasteiger charge is 2.30. The minimum Gasteiger partial charge on any atom is -0.369 e. The number of hydrogen-bond donors (Lipinski definition) is 0. The first-order chi connectivity index (χ1) is 15.7. The Kier molecular flexibility index (Phi) is 5.85. The number of carbonyl (C=O) groups is 1. The number of nitrogens with zero attached hydrogens (tertiary/aromatic N) is 7. The topological polar surface area (TPSA) is 70.4 Å². The molecule has 0 saturated carbocycles. The number of tetrazole rings is 1. The molecule has 1 unspecified atom stereocenters. The van der Waals surface area contributed by atoms with Gasteiger partial charge in [-0.15, -0.1) is 5.10 Å². The number of piperidine rings is 1. The van der Waals surface area contributed by atoms with Crippen LogP contribution in [-0.2, 0) is 0 Å². The Labute approximate surface area is 188 Å². The number of piperazine rings is 1. The number of aromatic nitrogens is 4. The average molecular weight is 432 g/mol. The number of aryl methyl sites for hydroxylation is 1. The van der Waals surface area contributed by atoms with Crippen LogP contribution in [0.1, 0.15) is 28.8 Å². The van der Waals surface area contributed by atoms with Crippen molar-refractivity contribution in [3.63, 3.8) is 0 Å². The number of benzene rings is 2. The van der Waals surface area contributed by atoms with Gasteiger partial charge in [0.25, 0.3) is 5.91 Å². The summed E-state index contributed by atoms with van der Waals surface area (Å²) < 4.78 is 1.59. The van der Waals surface area contributed by atoms with Crippen molar-refractivity contribution in [2.75, 3.05) is 44.2 Å². The van der Waals surface area contributed by atoms with E-state index in [1.807, 2.05) is 29.2 Å². The summed E-state index contributed by atoms with van der Waals surface area (Å²) in [6.07, 6.45) is 3.76. The molecule has 8 heteroatoms. The van der Waals surface area contributed by atoms with Crippen LogP contribution in [0.15, 0.2) is 54.9 Å². The fourth-order valence-corrected chi connectivity index (χ4v) is 4.90. The second kappa shape index (κ2) is 9.08. The highest BCUT2D eigenvalue weighted by molar-refractivity contribution is 5.94. The lowest BCUT2D eigenvalue weighted by molar-refractivity contribution is 0.0563. The molecule has 1 aromatic heterocycles. The summed E-state index contributed by atoms with van der Waals surface area (Å²) in [6, 6.07) is 16.6. The molecule has 5 rings (SSSR count). The molecule has 3 aromatic rings. The van der Waals surface area contributed by atoms with Gasteiger partial charge in [0, 0.05) is 56.6 Å². The number of carbonyl (C=O) groups excluding carboxylic acids is 1. The van der Waals surface area contributed by atoms with Crippen LogP contribution in [0.4, 0.5) is 5.69 Å². The number of para-hydroxylation sites is 1. The standard InChI is InChI=1S/C24H29N7O/c1-19-5-2-3-7-23(19)29-15-13-28(14-16-29)22-6-4-12-30(17-22)24(32)20-8-10-21(11-9-20)31-18-25-26-27-31/h2-3,5,7-11,18,22H,4,6,12-17H2,1H3. The van der Waals surface area contributed by atoms with E-state index in [-0.39, 0.29) is 5.91 Å². The van der Waals surface area contributed by atoms with Gasteiger partial charge in [-0.25, -0.2) is 4.68 Å². The second-order valence-electron chi connectivity index (χ2n) is 8.66. The molecule has 1 atom stereocenters. The average Bonchev–Trinajstić information content (AvgIpc) is 3.39. The molecule has 32 heavy (non-hydrogen) atoms. The fraction of sp³-hybridized carbons (Fsp3) is 0.417. The summed E-state index contributed by atoms with van der Waals surface area (Å²) in [5, 5.41) is 11.2. The largest absolute Gasteiger partial charge is 0.369 e. The van der Waals surface area contributed by atoms with E-state index >= 15 is 0 Å². The van der Waals surface area contributed by atoms with Crippen LogP contribution in [0, 0.1) is 6.92 Å². The molecule has 2 aliphatic heterocycles. The zero-order valence-corrected chi connectivity index (χ0v) is 18.5. The van der Waals surface area contributed by atoms with Crippen LogP contribution in [0.5, 0.6) is 0 Å². The Balaban J connectivity index is 1.19. The van der Waals surface area contributed by atoms with Gasteiger partial charge in [-0.05, 0) is 66.1 Å². The highest BCUT2D eigenvalue weighted by atomic mass is 16.2. The Hall–Kier alpha value is -3.26. The van der Waals surface area contributed by atoms with Crippen LogP contribution in [-0.4, -0.2) is 81.2 Å². The van der Waals surface area contributed by atoms with Crippen LogP contribution in [0.3, 0.4) is 0 Å². The predicted molar refractivity (Wildman–Crippen MR) is 123 cm³/mol. The zero-order chi connectivity index (χ0) is 21.9. The second-order valence-corrected chi connectivity index (χ2v) is 8.66. The molecule has 2 aliphatic rings. The Morgan fingerprint density at radius 2 is 1.75 bits per heavy atom. The van der Waals surface area contributed by atoms with E-state index in [2.05, 4.69) is 56.5 Å². The zero-order valence-electron chi connectivity index (χ0n) is 18.5. The van der Waals surface area contributed by atoms with Gasteiger partial charge >= 0.3 is 0 Å². The van der Waals surface area contributed by atoms with E-state index < -0.39 is 0 Å². The molecule has 2 aromatic carbocycles. The molecule has 0 radical (unpaired) electrons. The molecule has 8 nitrogen and oxygen atoms in total. The third-order valence-corrected chi connectivity index (χ3v) is 6.70. The quantitative estimate of drug-likeness (QED) is 0.632. The van der Waals surface area contributed by atoms with Crippen LogP contribution in [0.2, 0.25) is 0 Å². The lowest BCUT2D eigenvalue weighted by Crippen LogP contribution is -2.56. The maximum Gasteiger partial charge on any atom is 0.253 e. The lowest BCUT2D eigenvalue weighted by atomic mass is 10.0. The van der Waals surface area contributed by atoms with E-state index in [0.717, 1.165) is 57.8 Å². The Morgan fingerprint density at radius 1 is 0.969 bits per heavy atom. The number of rotatable bonds is 4. The molecule has 0 N–H and O–H groups in total. The molecule has 2 fully saturated rings. The van der Waals surface area contributed by atoms with E-state index in [4.69, 9.17) is 0 Å². The molecule has 166 valence electrons. The molecule has 1 amide bonds. The maximum absolute atomic E-state index is 13.2. The van der Waals surface area contributed by atoms with Gasteiger partial charge in [-0.3, -0.25) is 9.69 Å². The first-order valence-electron chi connectivity index (χ1n) is 11.4. The SMILES string of the molecule is Cc1ccccc1N1CCN(C2CCCN(C(=O)c3ccc(-n4cnnn4)cc3)C2)CC1. The van der Waals surface area contributed by atoms with Crippen molar-refractivity contribution in [1.29, 1.82) is 0 Å². The van der Waals surface area contributed by atoms with Crippen LogP contribution >= 0.6 is 0 Å². The summed E-state index contributed by atoms with van der Waals surface area (Å²) in [6.45, 7) is 7.97. The summed E-state index contributed by atoms with van der Waals surface area (Å²) in [5.74, 6) is 0.108. The molecule has 3 heterocycles. The minimum atomic E-state index is 0.108. The maximum atomic E-state index is 13.2. The summed E-state index contributed by atoms with van der Waals surface area (Å²) in [7, 11) is 0. The monoisotopic (exact) mass is 431 g/mol. The van der Waals surface area contributed by atoms with Crippen molar-refractivity contribution in [3.05, 3.63) is 66.0 Å². The fourth-order valence-electron chi connectivity index (χ4n) is 4.90. The van der Waals surface area contributed by atoms with E-state index in [1.54, 1.807) is 11.0 Å². The summed E-state index contributed by atoms with van der Waals surface area (Å²) >= 11 is 0. The van der Waals surface area contributed by atoms with Crippen LogP contribution < -0.4 is 4.90 Å². The van der Waals surface area contributed by atoms with Crippen molar-refractivity contribution in [3.8, 4) is 5.69 Å². The molecule has 0 aliphatic carbocycles. The molecule has 0 bridgehead atoms. The van der Waals surface area contributed by atoms with E-state index in [0.29, 0.717) is 11.6 Å². The minimum absolute atomic E-state index is 0.108.